The molecule has 1 aliphatic heterocycles. The Balaban J connectivity index is 1.60. The van der Waals surface area contributed by atoms with Gasteiger partial charge in [-0.15, -0.1) is 0 Å². The predicted octanol–water partition coefficient (Wildman–Crippen LogP) is 3.75. The van der Waals surface area contributed by atoms with Crippen LogP contribution in [0, 0.1) is 0 Å². The van der Waals surface area contributed by atoms with Gasteiger partial charge >= 0.3 is 0 Å². The van der Waals surface area contributed by atoms with Crippen LogP contribution in [0.2, 0.25) is 0 Å². The summed E-state index contributed by atoms with van der Waals surface area (Å²) in [7, 11) is 0. The van der Waals surface area contributed by atoms with E-state index >= 15 is 0 Å². The number of H-pyrrole nitrogens is 1. The van der Waals surface area contributed by atoms with Crippen molar-refractivity contribution in [1.29, 1.82) is 0 Å². The van der Waals surface area contributed by atoms with Crippen molar-refractivity contribution in [3.05, 3.63) is 48.3 Å². The molecule has 0 radical (unpaired) electrons. The summed E-state index contributed by atoms with van der Waals surface area (Å²) in [6.07, 6.45) is 4.57. The molecule has 124 valence electrons. The van der Waals surface area contributed by atoms with Crippen LogP contribution in [0.4, 0.5) is 10.1 Å². The number of piperidine rings is 1. The average molecular weight is 324 g/mol. The Morgan fingerprint density at radius 3 is 3.08 bits per heavy atom. The molecule has 3 aromatic rings. The summed E-state index contributed by atoms with van der Waals surface area (Å²) in [4.78, 5) is 9.69. The predicted molar refractivity (Wildman–Crippen MR) is 95.3 cm³/mol. The molecule has 0 spiro atoms. The van der Waals surface area contributed by atoms with Gasteiger partial charge in [-0.1, -0.05) is 18.2 Å². The number of alkyl halides is 1. The van der Waals surface area contributed by atoms with E-state index in [0.29, 0.717) is 18.7 Å². The van der Waals surface area contributed by atoms with Gasteiger partial charge in [-0.3, -0.25) is 4.90 Å². The lowest BCUT2D eigenvalue weighted by molar-refractivity contribution is 0.133. The Morgan fingerprint density at radius 2 is 2.21 bits per heavy atom. The first kappa shape index (κ1) is 15.1. The summed E-state index contributed by atoms with van der Waals surface area (Å²) in [5.41, 5.74) is 10.8. The number of anilines is 1. The highest BCUT2D eigenvalue weighted by atomic mass is 19.1. The number of likely N-dealkylation sites (tertiary alicyclic amines) is 1. The SMILES string of the molecule is Nc1c[nH]c2ncc(-c3cccc(CN4CCCC(F)C4)c3)cc12. The van der Waals surface area contributed by atoms with Crippen LogP contribution >= 0.6 is 0 Å². The minimum Gasteiger partial charge on any atom is -0.397 e. The van der Waals surface area contributed by atoms with Gasteiger partial charge in [-0.2, -0.15) is 0 Å². The molecule has 1 aromatic carbocycles. The average Bonchev–Trinajstić information content (AvgIpc) is 2.96. The first-order valence-corrected chi connectivity index (χ1v) is 8.37. The Hall–Kier alpha value is -2.40. The van der Waals surface area contributed by atoms with Gasteiger partial charge in [0, 0.05) is 36.4 Å². The van der Waals surface area contributed by atoms with E-state index in [9.17, 15) is 4.39 Å². The van der Waals surface area contributed by atoms with Gasteiger partial charge in [0.25, 0.3) is 0 Å². The van der Waals surface area contributed by atoms with Gasteiger partial charge in [-0.05, 0) is 42.6 Å². The highest BCUT2D eigenvalue weighted by Gasteiger charge is 2.19. The number of benzene rings is 1. The van der Waals surface area contributed by atoms with Crippen molar-refractivity contribution in [3.63, 3.8) is 0 Å². The van der Waals surface area contributed by atoms with Crippen molar-refractivity contribution in [1.82, 2.24) is 14.9 Å². The van der Waals surface area contributed by atoms with Gasteiger partial charge < -0.3 is 10.7 Å². The second-order valence-electron chi connectivity index (χ2n) is 6.54. The Labute approximate surface area is 140 Å². The van der Waals surface area contributed by atoms with Gasteiger partial charge in [-0.25, -0.2) is 9.37 Å². The van der Waals surface area contributed by atoms with Gasteiger partial charge in [0.1, 0.15) is 11.8 Å². The number of hydrogen-bond acceptors (Lipinski definition) is 3. The fraction of sp³-hybridized carbons (Fsp3) is 0.316. The fourth-order valence-electron chi connectivity index (χ4n) is 3.43. The third kappa shape index (κ3) is 2.99. The highest BCUT2D eigenvalue weighted by molar-refractivity contribution is 5.91. The molecule has 0 aliphatic carbocycles. The zero-order valence-corrected chi connectivity index (χ0v) is 13.5. The third-order valence-corrected chi connectivity index (χ3v) is 4.68. The molecule has 1 aliphatic rings. The van der Waals surface area contributed by atoms with Crippen LogP contribution in [0.15, 0.2) is 42.7 Å². The molecule has 1 unspecified atom stereocenters. The van der Waals surface area contributed by atoms with Crippen LogP contribution in [0.3, 0.4) is 0 Å². The molecule has 3 heterocycles. The van der Waals surface area contributed by atoms with E-state index in [0.717, 1.165) is 41.7 Å². The van der Waals surface area contributed by atoms with Crippen LogP contribution in [0.25, 0.3) is 22.2 Å². The minimum atomic E-state index is -0.690. The summed E-state index contributed by atoms with van der Waals surface area (Å²) < 4.78 is 13.6. The van der Waals surface area contributed by atoms with Crippen LogP contribution in [-0.4, -0.2) is 34.1 Å². The Bertz CT molecular complexity index is 857. The molecule has 0 bridgehead atoms. The number of pyridine rings is 1. The number of fused-ring (bicyclic) bond motifs is 1. The molecule has 1 saturated heterocycles. The largest absolute Gasteiger partial charge is 0.397 e. The van der Waals surface area contributed by atoms with Crippen LogP contribution < -0.4 is 5.73 Å². The topological polar surface area (TPSA) is 57.9 Å². The summed E-state index contributed by atoms with van der Waals surface area (Å²) in [6.45, 7) is 2.30. The molecule has 24 heavy (non-hydrogen) atoms. The maximum absolute atomic E-state index is 13.6. The first-order chi connectivity index (χ1) is 11.7. The van der Waals surface area contributed by atoms with E-state index in [-0.39, 0.29) is 0 Å². The van der Waals surface area contributed by atoms with E-state index < -0.39 is 6.17 Å². The molecule has 0 saturated carbocycles. The van der Waals surface area contributed by atoms with Crippen molar-refractivity contribution in [2.45, 2.75) is 25.6 Å². The molecule has 0 amide bonds. The number of nitrogens with two attached hydrogens (primary N) is 1. The maximum Gasteiger partial charge on any atom is 0.139 e. The normalized spacial score (nSPS) is 19.0. The van der Waals surface area contributed by atoms with Crippen molar-refractivity contribution in [2.24, 2.45) is 0 Å². The number of aromatic nitrogens is 2. The number of nitrogens with zero attached hydrogens (tertiary/aromatic N) is 2. The molecule has 5 heteroatoms. The van der Waals surface area contributed by atoms with Crippen LogP contribution in [0.1, 0.15) is 18.4 Å². The summed E-state index contributed by atoms with van der Waals surface area (Å²) >= 11 is 0. The molecule has 1 fully saturated rings. The van der Waals surface area contributed by atoms with Gasteiger partial charge in [0.2, 0.25) is 0 Å². The smallest absolute Gasteiger partial charge is 0.139 e. The number of aromatic amines is 1. The molecule has 4 nitrogen and oxygen atoms in total. The molecule has 4 rings (SSSR count). The molecular formula is C19H21FN4. The van der Waals surface area contributed by atoms with Gasteiger partial charge in [0.05, 0.1) is 5.69 Å². The fourth-order valence-corrected chi connectivity index (χ4v) is 3.43. The molecule has 2 aromatic heterocycles. The lowest BCUT2D eigenvalue weighted by Gasteiger charge is -2.28. The third-order valence-electron chi connectivity index (χ3n) is 4.68. The van der Waals surface area contributed by atoms with E-state index in [1.807, 2.05) is 12.3 Å². The zero-order valence-electron chi connectivity index (χ0n) is 13.5. The van der Waals surface area contributed by atoms with Crippen molar-refractivity contribution in [3.8, 4) is 11.1 Å². The first-order valence-electron chi connectivity index (χ1n) is 8.37. The van der Waals surface area contributed by atoms with Crippen molar-refractivity contribution >= 4 is 16.7 Å². The summed E-state index contributed by atoms with van der Waals surface area (Å²) in [5.74, 6) is 0. The second kappa shape index (κ2) is 6.24. The summed E-state index contributed by atoms with van der Waals surface area (Å²) in [6, 6.07) is 10.4. The second-order valence-corrected chi connectivity index (χ2v) is 6.54. The van der Waals surface area contributed by atoms with Crippen molar-refractivity contribution < 1.29 is 4.39 Å². The molecule has 3 N–H and O–H groups in total. The Morgan fingerprint density at radius 1 is 1.29 bits per heavy atom. The van der Waals surface area contributed by atoms with E-state index in [4.69, 9.17) is 5.73 Å². The van der Waals surface area contributed by atoms with Gasteiger partial charge in [0.15, 0.2) is 0 Å². The lowest BCUT2D eigenvalue weighted by atomic mass is 10.0. The minimum absolute atomic E-state index is 0.539. The zero-order chi connectivity index (χ0) is 16.5. The van der Waals surface area contributed by atoms with Crippen molar-refractivity contribution in [2.75, 3.05) is 18.8 Å². The quantitative estimate of drug-likeness (QED) is 0.771. The Kier molecular flexibility index (Phi) is 3.94. The van der Waals surface area contributed by atoms with E-state index in [1.54, 1.807) is 6.20 Å². The maximum atomic E-state index is 13.6. The van der Waals surface area contributed by atoms with Crippen LogP contribution in [0.5, 0.6) is 0 Å². The van der Waals surface area contributed by atoms with E-state index in [2.05, 4.69) is 39.1 Å². The number of halogens is 1. The molecular weight excluding hydrogens is 303 g/mol. The molecule has 1 atom stereocenters. The summed E-state index contributed by atoms with van der Waals surface area (Å²) in [5, 5.41) is 0.939. The monoisotopic (exact) mass is 324 g/mol. The van der Waals surface area contributed by atoms with Crippen LogP contribution in [-0.2, 0) is 6.54 Å². The number of nitrogens with one attached hydrogen (secondary N) is 1. The number of nitrogen functional groups attached to an aromatic ring is 1. The number of hydrogen-bond donors (Lipinski definition) is 2. The standard InChI is InChI=1S/C19H21FN4/c20-16-5-2-6-24(12-16)11-13-3-1-4-14(7-13)15-8-17-18(21)10-23-19(17)22-9-15/h1,3-4,7-10,16H,2,5-6,11-12,21H2,(H,22,23). The number of rotatable bonds is 3. The lowest BCUT2D eigenvalue weighted by Crippen LogP contribution is -2.35. The van der Waals surface area contributed by atoms with E-state index in [1.165, 1.54) is 5.56 Å². The highest BCUT2D eigenvalue weighted by Crippen LogP contribution is 2.27.